The Kier molecular flexibility index (Phi) is 5.35. The van der Waals surface area contributed by atoms with Crippen LogP contribution in [-0.4, -0.2) is 0 Å². The fraction of sp³-hybridized carbons (Fsp3) is 0.133. The highest BCUT2D eigenvalue weighted by Gasteiger charge is 1.99. The molecule has 0 saturated heterocycles. The van der Waals surface area contributed by atoms with Gasteiger partial charge in [0.15, 0.2) is 6.20 Å². The Hall–Kier alpha value is -1.16. The van der Waals surface area contributed by atoms with Crippen LogP contribution < -0.4 is 28.5 Å². The van der Waals surface area contributed by atoms with Gasteiger partial charge in [-0.1, -0.05) is 24.3 Å². The van der Waals surface area contributed by atoms with Gasteiger partial charge in [-0.2, -0.15) is 0 Å². The van der Waals surface area contributed by atoms with E-state index in [1.807, 2.05) is 6.07 Å². The molecule has 0 N–H and O–H groups in total. The summed E-state index contributed by atoms with van der Waals surface area (Å²) in [6.07, 6.45) is 6.35. The molecule has 2 rings (SSSR count). The van der Waals surface area contributed by atoms with Crippen LogP contribution in [0.15, 0.2) is 48.7 Å². The minimum absolute atomic E-state index is 0. The van der Waals surface area contributed by atoms with E-state index in [1.165, 1.54) is 16.8 Å². The van der Waals surface area contributed by atoms with Gasteiger partial charge in [0, 0.05) is 18.2 Å². The molecule has 1 heterocycles. The van der Waals surface area contributed by atoms with E-state index in [9.17, 15) is 0 Å². The largest absolute Gasteiger partial charge is 1.00 e. The van der Waals surface area contributed by atoms with Crippen molar-refractivity contribution in [3.8, 4) is 0 Å². The Morgan fingerprint density at radius 1 is 0.941 bits per heavy atom. The monoisotopic (exact) mass is 337 g/mol. The number of pyridine rings is 1. The highest BCUT2D eigenvalue weighted by Crippen LogP contribution is 2.10. The molecular weight excluding hydrogens is 321 g/mol. The minimum Gasteiger partial charge on any atom is -1.00 e. The van der Waals surface area contributed by atoms with Crippen LogP contribution in [0.3, 0.4) is 0 Å². The van der Waals surface area contributed by atoms with Gasteiger partial charge in [0.1, 0.15) is 7.05 Å². The third-order valence-corrected chi connectivity index (χ3v) is 2.72. The summed E-state index contributed by atoms with van der Waals surface area (Å²) in [6, 6.07) is 14.6. The first-order chi connectivity index (χ1) is 7.77. The van der Waals surface area contributed by atoms with E-state index >= 15 is 0 Å². The highest BCUT2D eigenvalue weighted by molar-refractivity contribution is 5.68. The predicted molar refractivity (Wildman–Crippen MR) is 67.7 cm³/mol. The molecule has 0 spiro atoms. The van der Waals surface area contributed by atoms with E-state index < -0.39 is 0 Å². The van der Waals surface area contributed by atoms with Crippen LogP contribution in [0.1, 0.15) is 16.8 Å². The SMILES string of the molecule is Cc1ccccc1/C=C/c1cccc[n+]1C.[I-]. The smallest absolute Gasteiger partial charge is 0.204 e. The molecule has 0 bridgehead atoms. The molecule has 1 aromatic heterocycles. The van der Waals surface area contributed by atoms with E-state index in [2.05, 4.69) is 73.3 Å². The van der Waals surface area contributed by atoms with Crippen molar-refractivity contribution in [3.63, 3.8) is 0 Å². The first-order valence-corrected chi connectivity index (χ1v) is 5.46. The second-order valence-electron chi connectivity index (χ2n) is 3.93. The van der Waals surface area contributed by atoms with Crippen molar-refractivity contribution in [1.82, 2.24) is 0 Å². The van der Waals surface area contributed by atoms with Crippen molar-refractivity contribution in [2.75, 3.05) is 0 Å². The van der Waals surface area contributed by atoms with Crippen molar-refractivity contribution in [2.24, 2.45) is 7.05 Å². The van der Waals surface area contributed by atoms with E-state index in [0.717, 1.165) is 0 Å². The molecule has 0 unspecified atom stereocenters. The molecule has 2 heteroatoms. The molecule has 0 fully saturated rings. The van der Waals surface area contributed by atoms with Gasteiger partial charge < -0.3 is 24.0 Å². The summed E-state index contributed by atoms with van der Waals surface area (Å²) >= 11 is 0. The number of aromatic nitrogens is 1. The molecule has 1 nitrogen and oxygen atoms in total. The van der Waals surface area contributed by atoms with Crippen molar-refractivity contribution in [2.45, 2.75) is 6.92 Å². The molecule has 0 atom stereocenters. The molecule has 0 radical (unpaired) electrons. The Balaban J connectivity index is 0.00000144. The molecule has 88 valence electrons. The van der Waals surface area contributed by atoms with Crippen LogP contribution in [0.4, 0.5) is 0 Å². The molecule has 0 aliphatic heterocycles. The summed E-state index contributed by atoms with van der Waals surface area (Å²) in [7, 11) is 2.05. The van der Waals surface area contributed by atoms with Crippen LogP contribution >= 0.6 is 0 Å². The van der Waals surface area contributed by atoms with Gasteiger partial charge in [-0.05, 0) is 30.2 Å². The van der Waals surface area contributed by atoms with Crippen molar-refractivity contribution in [1.29, 1.82) is 0 Å². The van der Waals surface area contributed by atoms with Gasteiger partial charge in [0.2, 0.25) is 5.69 Å². The minimum atomic E-state index is 0. The lowest BCUT2D eigenvalue weighted by Crippen LogP contribution is -3.00. The zero-order valence-electron chi connectivity index (χ0n) is 10.1. The Morgan fingerprint density at radius 3 is 2.35 bits per heavy atom. The molecule has 0 aliphatic carbocycles. The first-order valence-electron chi connectivity index (χ1n) is 5.46. The lowest BCUT2D eigenvalue weighted by Gasteiger charge is -1.98. The van der Waals surface area contributed by atoms with Gasteiger partial charge >= 0.3 is 0 Å². The van der Waals surface area contributed by atoms with Gasteiger partial charge in [0.05, 0.1) is 0 Å². The molecule has 0 amide bonds. The van der Waals surface area contributed by atoms with Gasteiger partial charge in [-0.15, -0.1) is 0 Å². The number of halogens is 1. The van der Waals surface area contributed by atoms with Crippen molar-refractivity contribution < 1.29 is 28.5 Å². The van der Waals surface area contributed by atoms with E-state index in [0.29, 0.717) is 0 Å². The zero-order valence-corrected chi connectivity index (χ0v) is 12.3. The summed E-state index contributed by atoms with van der Waals surface area (Å²) in [4.78, 5) is 0. The summed E-state index contributed by atoms with van der Waals surface area (Å²) in [6.45, 7) is 2.13. The second-order valence-corrected chi connectivity index (χ2v) is 3.93. The van der Waals surface area contributed by atoms with E-state index in [-0.39, 0.29) is 24.0 Å². The van der Waals surface area contributed by atoms with Crippen LogP contribution in [0.2, 0.25) is 0 Å². The van der Waals surface area contributed by atoms with E-state index in [1.54, 1.807) is 0 Å². The predicted octanol–water partition coefficient (Wildman–Crippen LogP) is -0.00608. The van der Waals surface area contributed by atoms with Crippen LogP contribution in [0.25, 0.3) is 12.2 Å². The maximum atomic E-state index is 2.16. The molecule has 0 saturated carbocycles. The molecule has 2 aromatic rings. The fourth-order valence-corrected chi connectivity index (χ4v) is 1.66. The summed E-state index contributed by atoms with van der Waals surface area (Å²) in [5, 5.41) is 0. The van der Waals surface area contributed by atoms with Crippen LogP contribution in [0.5, 0.6) is 0 Å². The third-order valence-electron chi connectivity index (χ3n) is 2.72. The Morgan fingerprint density at radius 2 is 1.65 bits per heavy atom. The standard InChI is InChI=1S/C15H16N.HI/c1-13-7-3-4-8-14(13)10-11-15-9-5-6-12-16(15)2;/h3-12H,1-2H3;1H/q+1;/p-1/b11-10+;. The number of rotatable bonds is 2. The summed E-state index contributed by atoms with van der Waals surface area (Å²) in [5.74, 6) is 0. The lowest BCUT2D eigenvalue weighted by molar-refractivity contribution is -0.673. The van der Waals surface area contributed by atoms with Crippen LogP contribution in [-0.2, 0) is 7.05 Å². The number of hydrogen-bond acceptors (Lipinski definition) is 0. The quantitative estimate of drug-likeness (QED) is 0.536. The highest BCUT2D eigenvalue weighted by atomic mass is 127. The first kappa shape index (κ1) is 13.9. The number of aryl methyl sites for hydroxylation is 2. The molecular formula is C15H16IN. The average molecular weight is 337 g/mol. The topological polar surface area (TPSA) is 3.88 Å². The van der Waals surface area contributed by atoms with Gasteiger partial charge in [-0.3, -0.25) is 0 Å². The second kappa shape index (κ2) is 6.55. The third kappa shape index (κ3) is 3.66. The number of nitrogens with zero attached hydrogens (tertiary/aromatic N) is 1. The van der Waals surface area contributed by atoms with Crippen molar-refractivity contribution in [3.05, 3.63) is 65.5 Å². The lowest BCUT2D eigenvalue weighted by atomic mass is 10.1. The summed E-state index contributed by atoms with van der Waals surface area (Å²) < 4.78 is 2.11. The van der Waals surface area contributed by atoms with Crippen LogP contribution in [0, 0.1) is 6.92 Å². The maximum absolute atomic E-state index is 2.16. The molecule has 0 aliphatic rings. The summed E-state index contributed by atoms with van der Waals surface area (Å²) in [5.41, 5.74) is 3.77. The average Bonchev–Trinajstić information content (AvgIpc) is 2.30. The van der Waals surface area contributed by atoms with Gasteiger partial charge in [0.25, 0.3) is 0 Å². The maximum Gasteiger partial charge on any atom is 0.204 e. The van der Waals surface area contributed by atoms with Gasteiger partial charge in [-0.25, -0.2) is 4.57 Å². The zero-order chi connectivity index (χ0) is 11.4. The Bertz CT molecular complexity index is 470. The number of benzene rings is 1. The van der Waals surface area contributed by atoms with E-state index in [4.69, 9.17) is 0 Å². The fourth-order valence-electron chi connectivity index (χ4n) is 1.66. The molecule has 1 aromatic carbocycles. The van der Waals surface area contributed by atoms with Crippen molar-refractivity contribution >= 4 is 12.2 Å². The number of hydrogen-bond donors (Lipinski definition) is 0. The molecule has 17 heavy (non-hydrogen) atoms. The Labute approximate surface area is 120 Å². The normalized spacial score (nSPS) is 10.2.